The van der Waals surface area contributed by atoms with Gasteiger partial charge in [0, 0.05) is 25.3 Å². The minimum absolute atomic E-state index is 0.0243. The first-order chi connectivity index (χ1) is 12.2. The van der Waals surface area contributed by atoms with Crippen LogP contribution in [0.1, 0.15) is 34.6 Å². The largest absolute Gasteiger partial charge is 0.497 e. The summed E-state index contributed by atoms with van der Waals surface area (Å²) in [5, 5.41) is 0. The molecule has 25 heavy (non-hydrogen) atoms. The summed E-state index contributed by atoms with van der Waals surface area (Å²) in [7, 11) is 1.61. The zero-order chi connectivity index (χ0) is 17.2. The lowest BCUT2D eigenvalue weighted by Crippen LogP contribution is -2.38. The number of amides is 1. The average Bonchev–Trinajstić information content (AvgIpc) is 3.40. The van der Waals surface area contributed by atoms with Gasteiger partial charge in [0.05, 0.1) is 38.0 Å². The number of rotatable bonds is 6. The number of imidazole rings is 1. The summed E-state index contributed by atoms with van der Waals surface area (Å²) >= 11 is 0. The highest BCUT2D eigenvalue weighted by atomic mass is 16.5. The summed E-state index contributed by atoms with van der Waals surface area (Å²) in [5.74, 6) is 1.46. The average molecular weight is 341 g/mol. The van der Waals surface area contributed by atoms with Gasteiger partial charge in [-0.3, -0.25) is 4.79 Å². The molecule has 1 fully saturated rings. The van der Waals surface area contributed by atoms with Gasteiger partial charge in [-0.05, 0) is 37.0 Å². The Labute approximate surface area is 147 Å². The van der Waals surface area contributed by atoms with Gasteiger partial charge in [-0.2, -0.15) is 0 Å². The molecule has 0 spiro atoms. The fraction of sp³-hybridized carbons (Fsp3) is 0.474. The van der Waals surface area contributed by atoms with Crippen molar-refractivity contribution in [3.63, 3.8) is 0 Å². The third kappa shape index (κ3) is 3.54. The van der Waals surface area contributed by atoms with Gasteiger partial charge >= 0.3 is 0 Å². The van der Waals surface area contributed by atoms with Crippen LogP contribution in [0.3, 0.4) is 0 Å². The van der Waals surface area contributed by atoms with Crippen molar-refractivity contribution in [2.75, 3.05) is 20.3 Å². The van der Waals surface area contributed by atoms with Gasteiger partial charge in [0.15, 0.2) is 0 Å². The van der Waals surface area contributed by atoms with Crippen LogP contribution < -0.4 is 4.74 Å². The summed E-state index contributed by atoms with van der Waals surface area (Å²) in [4.78, 5) is 19.2. The number of hydrogen-bond donors (Lipinski definition) is 0. The Morgan fingerprint density at radius 3 is 3.00 bits per heavy atom. The van der Waals surface area contributed by atoms with E-state index >= 15 is 0 Å². The van der Waals surface area contributed by atoms with E-state index in [0.717, 1.165) is 30.5 Å². The molecular weight excluding hydrogens is 318 g/mol. The van der Waals surface area contributed by atoms with E-state index < -0.39 is 0 Å². The van der Waals surface area contributed by atoms with Crippen molar-refractivity contribution in [1.29, 1.82) is 0 Å². The molecule has 0 radical (unpaired) electrons. The van der Waals surface area contributed by atoms with E-state index in [0.29, 0.717) is 31.0 Å². The molecule has 4 rings (SSSR count). The minimum Gasteiger partial charge on any atom is -0.497 e. The number of benzene rings is 1. The van der Waals surface area contributed by atoms with Crippen LogP contribution in [0.5, 0.6) is 5.75 Å². The number of ether oxygens (including phenoxy) is 2. The molecule has 1 aromatic carbocycles. The molecule has 2 aromatic rings. The van der Waals surface area contributed by atoms with Crippen LogP contribution in [-0.2, 0) is 24.4 Å². The van der Waals surface area contributed by atoms with E-state index in [1.807, 2.05) is 29.4 Å². The quantitative estimate of drug-likeness (QED) is 0.810. The molecule has 0 saturated heterocycles. The van der Waals surface area contributed by atoms with Gasteiger partial charge in [0.2, 0.25) is 0 Å². The highest BCUT2D eigenvalue weighted by molar-refractivity contribution is 5.94. The molecule has 6 heteroatoms. The second kappa shape index (κ2) is 6.88. The molecule has 0 atom stereocenters. The molecule has 1 amide bonds. The Morgan fingerprint density at radius 1 is 1.32 bits per heavy atom. The first-order valence-corrected chi connectivity index (χ1v) is 8.78. The van der Waals surface area contributed by atoms with Gasteiger partial charge < -0.3 is 18.9 Å². The zero-order valence-electron chi connectivity index (χ0n) is 14.5. The van der Waals surface area contributed by atoms with Crippen LogP contribution in [0.2, 0.25) is 0 Å². The first kappa shape index (κ1) is 16.1. The standard InChI is InChI=1S/C19H23N3O3/c1-24-16-4-2-3-15(9-16)19(23)21-7-8-22-13-20-17(18(22)10-21)12-25-11-14-5-6-14/h2-4,9,13-14H,5-8,10-12H2,1H3. The van der Waals surface area contributed by atoms with Crippen LogP contribution >= 0.6 is 0 Å². The number of fused-ring (bicyclic) bond motifs is 1. The van der Waals surface area contributed by atoms with Gasteiger partial charge in [-0.1, -0.05) is 6.07 Å². The second-order valence-electron chi connectivity index (χ2n) is 6.75. The number of methoxy groups -OCH3 is 1. The molecule has 0 unspecified atom stereocenters. The lowest BCUT2D eigenvalue weighted by molar-refractivity contribution is 0.0703. The molecule has 6 nitrogen and oxygen atoms in total. The van der Waals surface area contributed by atoms with E-state index in [2.05, 4.69) is 9.55 Å². The number of carbonyl (C=O) groups excluding carboxylic acids is 1. The maximum Gasteiger partial charge on any atom is 0.254 e. The van der Waals surface area contributed by atoms with Crippen LogP contribution in [0.15, 0.2) is 30.6 Å². The number of aromatic nitrogens is 2. The molecule has 1 saturated carbocycles. The highest BCUT2D eigenvalue weighted by Crippen LogP contribution is 2.29. The van der Waals surface area contributed by atoms with E-state index in [-0.39, 0.29) is 5.91 Å². The van der Waals surface area contributed by atoms with E-state index in [1.165, 1.54) is 12.8 Å². The minimum atomic E-state index is 0.0243. The maximum absolute atomic E-state index is 12.8. The molecule has 2 heterocycles. The smallest absolute Gasteiger partial charge is 0.254 e. The van der Waals surface area contributed by atoms with Crippen LogP contribution in [0.25, 0.3) is 0 Å². The molecule has 0 bridgehead atoms. The number of nitrogens with zero attached hydrogens (tertiary/aromatic N) is 3. The Bertz CT molecular complexity index is 767. The molecule has 1 aromatic heterocycles. The molecule has 1 aliphatic heterocycles. The van der Waals surface area contributed by atoms with Gasteiger partial charge in [-0.15, -0.1) is 0 Å². The van der Waals surface area contributed by atoms with Crippen LogP contribution in [-0.4, -0.2) is 40.6 Å². The van der Waals surface area contributed by atoms with Gasteiger partial charge in [0.1, 0.15) is 5.75 Å². The van der Waals surface area contributed by atoms with Gasteiger partial charge in [0.25, 0.3) is 5.91 Å². The Balaban J connectivity index is 1.45. The lowest BCUT2D eigenvalue weighted by atomic mass is 10.1. The first-order valence-electron chi connectivity index (χ1n) is 8.78. The van der Waals surface area contributed by atoms with Crippen molar-refractivity contribution >= 4 is 5.91 Å². The summed E-state index contributed by atoms with van der Waals surface area (Å²) in [6, 6.07) is 7.30. The van der Waals surface area contributed by atoms with Crippen molar-refractivity contribution in [3.05, 3.63) is 47.5 Å². The molecule has 132 valence electrons. The summed E-state index contributed by atoms with van der Waals surface area (Å²) in [6.07, 6.45) is 4.42. The van der Waals surface area contributed by atoms with Crippen LogP contribution in [0.4, 0.5) is 0 Å². The maximum atomic E-state index is 12.8. The van der Waals surface area contributed by atoms with Crippen molar-refractivity contribution in [3.8, 4) is 5.75 Å². The van der Waals surface area contributed by atoms with Crippen molar-refractivity contribution in [2.45, 2.75) is 32.5 Å². The SMILES string of the molecule is COc1cccc(C(=O)N2CCn3cnc(COCC4CC4)c3C2)c1. The van der Waals surface area contributed by atoms with Crippen molar-refractivity contribution in [2.24, 2.45) is 5.92 Å². The second-order valence-corrected chi connectivity index (χ2v) is 6.75. The van der Waals surface area contributed by atoms with Crippen molar-refractivity contribution in [1.82, 2.24) is 14.5 Å². The van der Waals surface area contributed by atoms with E-state index in [1.54, 1.807) is 13.2 Å². The molecule has 2 aliphatic rings. The Hall–Kier alpha value is -2.34. The lowest BCUT2D eigenvalue weighted by Gasteiger charge is -2.29. The third-order valence-corrected chi connectivity index (χ3v) is 4.88. The molecular formula is C19H23N3O3. The predicted octanol–water partition coefficient (Wildman–Crippen LogP) is 2.47. The fourth-order valence-corrected chi connectivity index (χ4v) is 3.15. The monoisotopic (exact) mass is 341 g/mol. The normalized spacial score (nSPS) is 16.6. The zero-order valence-corrected chi connectivity index (χ0v) is 14.5. The molecule has 0 N–H and O–H groups in total. The summed E-state index contributed by atoms with van der Waals surface area (Å²) in [6.45, 7) is 3.36. The third-order valence-electron chi connectivity index (χ3n) is 4.88. The highest BCUT2D eigenvalue weighted by Gasteiger charge is 2.26. The van der Waals surface area contributed by atoms with Crippen molar-refractivity contribution < 1.29 is 14.3 Å². The van der Waals surface area contributed by atoms with Gasteiger partial charge in [-0.25, -0.2) is 4.98 Å². The van der Waals surface area contributed by atoms with E-state index in [9.17, 15) is 4.79 Å². The topological polar surface area (TPSA) is 56.6 Å². The Kier molecular flexibility index (Phi) is 4.44. The number of carbonyl (C=O) groups is 1. The Morgan fingerprint density at radius 2 is 2.20 bits per heavy atom. The predicted molar refractivity (Wildman–Crippen MR) is 92.3 cm³/mol. The van der Waals surface area contributed by atoms with E-state index in [4.69, 9.17) is 9.47 Å². The molecule has 1 aliphatic carbocycles. The fourth-order valence-electron chi connectivity index (χ4n) is 3.15. The van der Waals surface area contributed by atoms with Crippen LogP contribution in [0, 0.1) is 5.92 Å². The summed E-state index contributed by atoms with van der Waals surface area (Å²) < 4.78 is 13.1. The summed E-state index contributed by atoms with van der Waals surface area (Å²) in [5.41, 5.74) is 2.68. The number of hydrogen-bond acceptors (Lipinski definition) is 4.